The summed E-state index contributed by atoms with van der Waals surface area (Å²) in [6.45, 7) is 17.7. The maximum absolute atomic E-state index is 13.7. The van der Waals surface area contributed by atoms with E-state index in [-0.39, 0.29) is 41.4 Å². The SMILES string of the molecule is CCOC(=O)C1=C(CCO[Si](C)(C)C(C)(C)C)N(C(=O)OC(C)(C)C)[C@H]2C(C(=O)OC)=C(C(=O)OC)C=C[C@@H]12. The molecule has 0 radical (unpaired) electrons. The van der Waals surface area contributed by atoms with Crippen molar-refractivity contribution in [3.8, 4) is 0 Å². The fraction of sp³-hybridized carbons (Fsp3) is 0.643. The summed E-state index contributed by atoms with van der Waals surface area (Å²) in [5, 5.41) is -0.0567. The number of rotatable bonds is 8. The normalized spacial score (nSPS) is 19.6. The molecule has 2 aliphatic rings. The van der Waals surface area contributed by atoms with Gasteiger partial charge in [0.15, 0.2) is 8.32 Å². The van der Waals surface area contributed by atoms with E-state index in [4.69, 9.17) is 23.4 Å². The summed E-state index contributed by atoms with van der Waals surface area (Å²) in [5.41, 5.74) is -0.542. The Balaban J connectivity index is 2.75. The lowest BCUT2D eigenvalue weighted by molar-refractivity contribution is -0.140. The first-order valence-corrected chi connectivity index (χ1v) is 16.0. The minimum absolute atomic E-state index is 0.0567. The lowest BCUT2D eigenvalue weighted by atomic mass is 9.82. The third-order valence-corrected chi connectivity index (χ3v) is 11.7. The number of methoxy groups -OCH3 is 2. The van der Waals surface area contributed by atoms with Gasteiger partial charge < -0.3 is 23.4 Å². The molecule has 0 aromatic heterocycles. The van der Waals surface area contributed by atoms with Gasteiger partial charge in [0.25, 0.3) is 0 Å². The molecule has 0 aromatic carbocycles. The van der Waals surface area contributed by atoms with Crippen LogP contribution in [0.1, 0.15) is 54.9 Å². The lowest BCUT2D eigenvalue weighted by Gasteiger charge is -2.37. The molecule has 0 saturated carbocycles. The van der Waals surface area contributed by atoms with Crippen LogP contribution >= 0.6 is 0 Å². The second-order valence-electron chi connectivity index (χ2n) is 11.9. The number of hydrogen-bond donors (Lipinski definition) is 0. The summed E-state index contributed by atoms with van der Waals surface area (Å²) in [5.74, 6) is -3.02. The van der Waals surface area contributed by atoms with E-state index < -0.39 is 49.9 Å². The number of carbonyl (C=O) groups excluding carboxylic acids is 4. The zero-order valence-corrected chi connectivity index (χ0v) is 26.1. The molecule has 218 valence electrons. The molecule has 1 aliphatic carbocycles. The van der Waals surface area contributed by atoms with Crippen molar-refractivity contribution < 1.29 is 42.6 Å². The molecule has 10 nitrogen and oxygen atoms in total. The number of nitrogens with zero attached hydrogens (tertiary/aromatic N) is 1. The van der Waals surface area contributed by atoms with Gasteiger partial charge in [-0.15, -0.1) is 0 Å². The molecule has 39 heavy (non-hydrogen) atoms. The van der Waals surface area contributed by atoms with E-state index in [1.54, 1.807) is 33.8 Å². The predicted octanol–water partition coefficient (Wildman–Crippen LogP) is 4.66. The highest BCUT2D eigenvalue weighted by Gasteiger charge is 2.52. The zero-order valence-electron chi connectivity index (χ0n) is 25.1. The average molecular weight is 566 g/mol. The maximum atomic E-state index is 13.7. The van der Waals surface area contributed by atoms with E-state index in [2.05, 4.69) is 33.9 Å². The van der Waals surface area contributed by atoms with Gasteiger partial charge in [0, 0.05) is 24.6 Å². The van der Waals surface area contributed by atoms with E-state index in [0.29, 0.717) is 5.70 Å². The minimum atomic E-state index is -2.17. The summed E-state index contributed by atoms with van der Waals surface area (Å²) >= 11 is 0. The van der Waals surface area contributed by atoms with Gasteiger partial charge in [-0.25, -0.2) is 19.2 Å². The number of ether oxygens (including phenoxy) is 4. The van der Waals surface area contributed by atoms with Crippen LogP contribution in [0.2, 0.25) is 18.1 Å². The van der Waals surface area contributed by atoms with Gasteiger partial charge in [0.1, 0.15) is 5.60 Å². The maximum Gasteiger partial charge on any atom is 0.415 e. The average Bonchev–Trinajstić information content (AvgIpc) is 3.14. The van der Waals surface area contributed by atoms with E-state index in [1.807, 2.05) is 0 Å². The van der Waals surface area contributed by atoms with Crippen molar-refractivity contribution in [1.82, 2.24) is 4.90 Å². The Labute approximate surface area is 232 Å². The molecule has 0 spiro atoms. The highest BCUT2D eigenvalue weighted by Crippen LogP contribution is 2.45. The molecule has 1 heterocycles. The van der Waals surface area contributed by atoms with Gasteiger partial charge >= 0.3 is 24.0 Å². The fourth-order valence-electron chi connectivity index (χ4n) is 4.27. The third kappa shape index (κ3) is 6.99. The number of hydrogen-bond acceptors (Lipinski definition) is 9. The highest BCUT2D eigenvalue weighted by atomic mass is 28.4. The van der Waals surface area contributed by atoms with Gasteiger partial charge in [-0.3, -0.25) is 4.90 Å². The first kappa shape index (κ1) is 32.3. The second kappa shape index (κ2) is 12.1. The van der Waals surface area contributed by atoms with Crippen molar-refractivity contribution >= 4 is 32.3 Å². The Morgan fingerprint density at radius 3 is 2.00 bits per heavy atom. The quantitative estimate of drug-likeness (QED) is 0.235. The predicted molar refractivity (Wildman–Crippen MR) is 147 cm³/mol. The first-order valence-electron chi connectivity index (χ1n) is 13.1. The molecule has 11 heteroatoms. The second-order valence-corrected chi connectivity index (χ2v) is 16.7. The molecule has 2 atom stereocenters. The van der Waals surface area contributed by atoms with Crippen LogP contribution in [0.4, 0.5) is 4.79 Å². The Kier molecular flexibility index (Phi) is 10.00. The van der Waals surface area contributed by atoms with Gasteiger partial charge in [-0.2, -0.15) is 0 Å². The summed E-state index contributed by atoms with van der Waals surface area (Å²) in [6, 6.07) is -1.09. The van der Waals surface area contributed by atoms with Crippen molar-refractivity contribution in [1.29, 1.82) is 0 Å². The molecule has 0 fully saturated rings. The van der Waals surface area contributed by atoms with Crippen LogP contribution in [-0.4, -0.2) is 76.3 Å². The van der Waals surface area contributed by atoms with Gasteiger partial charge in [-0.05, 0) is 45.8 Å². The molecule has 0 N–H and O–H groups in total. The van der Waals surface area contributed by atoms with E-state index in [0.717, 1.165) is 0 Å². The fourth-order valence-corrected chi connectivity index (χ4v) is 5.31. The summed E-state index contributed by atoms with van der Waals surface area (Å²) in [7, 11) is 0.202. The van der Waals surface area contributed by atoms with Crippen LogP contribution in [0.5, 0.6) is 0 Å². The molecule has 0 aromatic rings. The van der Waals surface area contributed by atoms with E-state index in [1.165, 1.54) is 25.2 Å². The largest absolute Gasteiger partial charge is 0.466 e. The van der Waals surface area contributed by atoms with Gasteiger partial charge in [0.2, 0.25) is 0 Å². The van der Waals surface area contributed by atoms with Crippen LogP contribution in [0.15, 0.2) is 34.6 Å². The Morgan fingerprint density at radius 1 is 0.923 bits per heavy atom. The molecule has 2 rings (SSSR count). The monoisotopic (exact) mass is 565 g/mol. The van der Waals surface area contributed by atoms with Crippen molar-refractivity contribution in [3.63, 3.8) is 0 Å². The van der Waals surface area contributed by atoms with Crippen molar-refractivity contribution in [3.05, 3.63) is 34.6 Å². The Hall–Kier alpha value is -2.92. The van der Waals surface area contributed by atoms with Crippen molar-refractivity contribution in [2.75, 3.05) is 27.4 Å². The smallest absolute Gasteiger partial charge is 0.415 e. The van der Waals surface area contributed by atoms with Crippen molar-refractivity contribution in [2.45, 2.75) is 84.7 Å². The van der Waals surface area contributed by atoms with E-state index >= 15 is 0 Å². The highest BCUT2D eigenvalue weighted by molar-refractivity contribution is 6.74. The molecule has 1 amide bonds. The molecule has 1 aliphatic heterocycles. The van der Waals surface area contributed by atoms with Gasteiger partial charge in [-0.1, -0.05) is 32.9 Å². The summed E-state index contributed by atoms with van der Waals surface area (Å²) in [6.07, 6.45) is 2.41. The van der Waals surface area contributed by atoms with Crippen LogP contribution in [0, 0.1) is 5.92 Å². The first-order chi connectivity index (χ1) is 17.9. The standard InChI is InChI=1S/C28H43NO9Si/c1-12-36-25(32)20-17-13-14-18(23(30)34-8)21(24(31)35-9)22(17)29(26(33)38-27(2,3)4)19(20)15-16-37-39(10,11)28(5,6)7/h13-14,17,22H,12,15-16H2,1-11H3/t17-,22+/m0/s1. The lowest BCUT2D eigenvalue weighted by Crippen LogP contribution is -2.46. The van der Waals surface area contributed by atoms with Crippen molar-refractivity contribution in [2.24, 2.45) is 5.92 Å². The van der Waals surface area contributed by atoms with Gasteiger partial charge in [0.05, 0.1) is 43.6 Å². The van der Waals surface area contributed by atoms with Crippen LogP contribution in [-0.2, 0) is 37.8 Å². The van der Waals surface area contributed by atoms with E-state index in [9.17, 15) is 19.2 Å². The summed E-state index contributed by atoms with van der Waals surface area (Å²) < 4.78 is 27.4. The number of esters is 3. The molecule has 0 bridgehead atoms. The topological polar surface area (TPSA) is 118 Å². The minimum Gasteiger partial charge on any atom is -0.466 e. The summed E-state index contributed by atoms with van der Waals surface area (Å²) in [4.78, 5) is 54.1. The third-order valence-electron chi connectivity index (χ3n) is 7.11. The molecular weight excluding hydrogens is 522 g/mol. The van der Waals surface area contributed by atoms with Crippen LogP contribution in [0.3, 0.4) is 0 Å². The Morgan fingerprint density at radius 2 is 1.51 bits per heavy atom. The number of carbonyl (C=O) groups is 4. The van der Waals surface area contributed by atoms with Crippen LogP contribution < -0.4 is 0 Å². The Bertz CT molecular complexity index is 1090. The molecule has 0 unspecified atom stereocenters. The molecular formula is C28H43NO9Si. The zero-order chi connectivity index (χ0) is 29.9. The molecule has 0 saturated heterocycles. The van der Waals surface area contributed by atoms with Crippen LogP contribution in [0.25, 0.3) is 0 Å². The number of amides is 1. The number of fused-ring (bicyclic) bond motifs is 1.